The monoisotopic (exact) mass is 255 g/mol. The summed E-state index contributed by atoms with van der Waals surface area (Å²) in [5, 5.41) is 0. The van der Waals surface area contributed by atoms with Crippen molar-refractivity contribution in [1.82, 2.24) is 0 Å². The van der Waals surface area contributed by atoms with Gasteiger partial charge >= 0.3 is 70.8 Å². The molecule has 0 saturated carbocycles. The summed E-state index contributed by atoms with van der Waals surface area (Å²) in [5.74, 6) is 0. The molecule has 1 aromatic rings. The summed E-state index contributed by atoms with van der Waals surface area (Å²) in [6, 6.07) is 10.2. The van der Waals surface area contributed by atoms with Gasteiger partial charge < -0.3 is 0 Å². The van der Waals surface area contributed by atoms with E-state index >= 15 is 0 Å². The molecule has 3 heteroatoms. The van der Waals surface area contributed by atoms with E-state index < -0.39 is 13.0 Å². The van der Waals surface area contributed by atoms with Crippen molar-refractivity contribution in [3.63, 3.8) is 0 Å². The van der Waals surface area contributed by atoms with E-state index in [2.05, 4.69) is 25.8 Å². The van der Waals surface area contributed by atoms with Gasteiger partial charge in [0.25, 0.3) is 0 Å². The second kappa shape index (κ2) is 3.70. The van der Waals surface area contributed by atoms with E-state index in [-0.39, 0.29) is 0 Å². The van der Waals surface area contributed by atoms with Gasteiger partial charge in [-0.3, -0.25) is 0 Å². The van der Waals surface area contributed by atoms with E-state index in [9.17, 15) is 0 Å². The van der Waals surface area contributed by atoms with Crippen LogP contribution >= 0.6 is 23.3 Å². The third-order valence-corrected chi connectivity index (χ3v) is 8.40. The molecule has 0 amide bonds. The van der Waals surface area contributed by atoms with Gasteiger partial charge in [-0.05, 0) is 0 Å². The summed E-state index contributed by atoms with van der Waals surface area (Å²) in [7, 11) is 5.93. The van der Waals surface area contributed by atoms with E-state index in [4.69, 9.17) is 9.69 Å². The zero-order valence-corrected chi connectivity index (χ0v) is 10.2. The Labute approximate surface area is 70.5 Å². The van der Waals surface area contributed by atoms with E-state index in [1.54, 1.807) is 0 Å². The van der Waals surface area contributed by atoms with Gasteiger partial charge in [0.1, 0.15) is 0 Å². The summed E-state index contributed by atoms with van der Waals surface area (Å²) in [4.78, 5) is 0. The van der Waals surface area contributed by atoms with Crippen molar-refractivity contribution >= 4 is 27.5 Å². The molecule has 0 heterocycles. The van der Waals surface area contributed by atoms with Crippen LogP contribution in [-0.4, -0.2) is 0 Å². The van der Waals surface area contributed by atoms with Crippen molar-refractivity contribution in [2.75, 3.05) is 0 Å². The van der Waals surface area contributed by atoms with Crippen LogP contribution in [0.4, 0.5) is 0 Å². The standard InChI is InChI=1S/C6H5.BrH.ClH.Zn/c1-2-4-6-5-3-1;;;/h1-5H;2*1H;/q;;;+2/p-2. The van der Waals surface area contributed by atoms with Gasteiger partial charge in [0.15, 0.2) is 0 Å². The zero-order valence-electron chi connectivity index (χ0n) is 4.85. The molecular formula is C6H5BrClZn. The molecule has 0 fully saturated rings. The first-order valence-corrected chi connectivity index (χ1v) is 15.1. The normalized spacial score (nSPS) is 9.11. The van der Waals surface area contributed by atoms with Gasteiger partial charge in [0.05, 0.1) is 0 Å². The fraction of sp³-hybridized carbons (Fsp3) is 0. The van der Waals surface area contributed by atoms with Crippen LogP contribution in [-0.2, 0) is 13.0 Å². The summed E-state index contributed by atoms with van der Waals surface area (Å²) in [6.07, 6.45) is 0. The van der Waals surface area contributed by atoms with Crippen LogP contribution in [0.5, 0.6) is 0 Å². The molecule has 0 radical (unpaired) electrons. The Morgan fingerprint density at radius 1 is 1.22 bits per heavy atom. The van der Waals surface area contributed by atoms with Gasteiger partial charge in [0.2, 0.25) is 0 Å². The third kappa shape index (κ3) is 2.37. The summed E-state index contributed by atoms with van der Waals surface area (Å²) in [5.41, 5.74) is 0. The summed E-state index contributed by atoms with van der Waals surface area (Å²) in [6.45, 7) is 0. The molecule has 0 aliphatic heterocycles. The molecule has 1 rings (SSSR count). The molecule has 0 atom stereocenters. The van der Waals surface area contributed by atoms with Crippen molar-refractivity contribution in [2.45, 2.75) is 0 Å². The maximum absolute atomic E-state index is 5.93. The average molecular weight is 258 g/mol. The molecule has 0 unspecified atom stereocenters. The fourth-order valence-electron chi connectivity index (χ4n) is 0.656. The van der Waals surface area contributed by atoms with Crippen LogP contribution in [0.2, 0.25) is 0 Å². The van der Waals surface area contributed by atoms with Crippen LogP contribution in [0.3, 0.4) is 0 Å². The first-order valence-electron chi connectivity index (χ1n) is 2.80. The summed E-state index contributed by atoms with van der Waals surface area (Å²) >= 11 is 1.62. The van der Waals surface area contributed by atoms with Crippen LogP contribution in [0.1, 0.15) is 0 Å². The Bertz CT molecular complexity index is 176. The van der Waals surface area contributed by atoms with Gasteiger partial charge in [-0.15, -0.1) is 0 Å². The number of hydrogen-bond donors (Lipinski definition) is 0. The van der Waals surface area contributed by atoms with E-state index in [0.717, 1.165) is 0 Å². The first-order chi connectivity index (χ1) is 4.30. The molecule has 0 N–H and O–H groups in total. The van der Waals surface area contributed by atoms with Crippen molar-refractivity contribution in [1.29, 1.82) is 0 Å². The molecule has 0 aromatic heterocycles. The molecule has 0 nitrogen and oxygen atoms in total. The van der Waals surface area contributed by atoms with E-state index in [1.165, 1.54) is 4.16 Å². The van der Waals surface area contributed by atoms with Crippen LogP contribution < -0.4 is 4.16 Å². The zero-order chi connectivity index (χ0) is 6.69. The average Bonchev–Trinajstić information content (AvgIpc) is 1.90. The van der Waals surface area contributed by atoms with Crippen molar-refractivity contribution in [3.8, 4) is 0 Å². The third-order valence-electron chi connectivity index (χ3n) is 1.15. The molecule has 0 bridgehead atoms. The van der Waals surface area contributed by atoms with E-state index in [0.29, 0.717) is 0 Å². The Morgan fingerprint density at radius 2 is 1.78 bits per heavy atom. The molecule has 0 aliphatic rings. The Kier molecular flexibility index (Phi) is 3.17. The Hall–Kier alpha value is 0.613. The molecule has 9 heavy (non-hydrogen) atoms. The van der Waals surface area contributed by atoms with Crippen LogP contribution in [0.15, 0.2) is 30.3 Å². The molecule has 0 spiro atoms. The molecule has 1 aromatic carbocycles. The van der Waals surface area contributed by atoms with Gasteiger partial charge in [-0.25, -0.2) is 0 Å². The van der Waals surface area contributed by atoms with Crippen molar-refractivity contribution in [3.05, 3.63) is 30.3 Å². The minimum atomic E-state index is -1.84. The molecule has 0 saturated heterocycles. The van der Waals surface area contributed by atoms with Crippen LogP contribution in [0, 0.1) is 0 Å². The molecular weight excluding hydrogens is 253 g/mol. The van der Waals surface area contributed by atoms with Crippen molar-refractivity contribution < 1.29 is 13.0 Å². The van der Waals surface area contributed by atoms with E-state index in [1.807, 2.05) is 18.2 Å². The summed E-state index contributed by atoms with van der Waals surface area (Å²) < 4.78 is 1.30. The quantitative estimate of drug-likeness (QED) is 0.678. The predicted molar refractivity (Wildman–Crippen MR) is 40.9 cm³/mol. The first kappa shape index (κ1) is 7.72. The predicted octanol–water partition coefficient (Wildman–Crippen LogP) is 2.39. The van der Waals surface area contributed by atoms with Gasteiger partial charge in [0, 0.05) is 0 Å². The Morgan fingerprint density at radius 3 is 2.11 bits per heavy atom. The number of halogens is 2. The number of rotatable bonds is 1. The molecule has 45 valence electrons. The van der Waals surface area contributed by atoms with Crippen molar-refractivity contribution in [2.24, 2.45) is 0 Å². The maximum atomic E-state index is 5.93. The fourth-order valence-corrected chi connectivity index (χ4v) is 4.84. The molecule has 0 aliphatic carbocycles. The van der Waals surface area contributed by atoms with Crippen LogP contribution in [0.25, 0.3) is 0 Å². The van der Waals surface area contributed by atoms with Gasteiger partial charge in [-0.2, -0.15) is 0 Å². The SMILES string of the molecule is [Cl][Zn]([Br])[c]1ccccc1. The topological polar surface area (TPSA) is 0 Å². The minimum absolute atomic E-state index is 1.30. The number of benzene rings is 1. The Balaban J connectivity index is 2.85. The number of hydrogen-bond acceptors (Lipinski definition) is 0. The second-order valence-electron chi connectivity index (χ2n) is 1.85. The second-order valence-corrected chi connectivity index (χ2v) is 17.1. The van der Waals surface area contributed by atoms with Gasteiger partial charge in [-0.1, -0.05) is 0 Å².